The van der Waals surface area contributed by atoms with Crippen molar-refractivity contribution in [1.29, 1.82) is 0 Å². The largest absolute Gasteiger partial charge is 0.411 e. The fourth-order valence-corrected chi connectivity index (χ4v) is 4.65. The number of halogens is 1. The minimum absolute atomic E-state index is 0.0877. The molecule has 0 N–H and O–H groups in total. The maximum atomic E-state index is 13.1. The molecule has 4 rings (SSSR count). The summed E-state index contributed by atoms with van der Waals surface area (Å²) in [6.45, 7) is 3.60. The predicted octanol–water partition coefficient (Wildman–Crippen LogP) is 5.87. The highest BCUT2D eigenvalue weighted by Crippen LogP contribution is 2.33. The molecule has 2 aromatic heterocycles. The molecule has 0 fully saturated rings. The quantitative estimate of drug-likeness (QED) is 0.325. The number of rotatable bonds is 7. The molecule has 4 aromatic rings. The van der Waals surface area contributed by atoms with Crippen molar-refractivity contribution in [2.24, 2.45) is 0 Å². The summed E-state index contributed by atoms with van der Waals surface area (Å²) in [6, 6.07) is 13.7. The van der Waals surface area contributed by atoms with E-state index in [1.807, 2.05) is 29.6 Å². The van der Waals surface area contributed by atoms with Crippen molar-refractivity contribution in [2.75, 3.05) is 4.90 Å². The minimum atomic E-state index is -0.321. The lowest BCUT2D eigenvalue weighted by molar-refractivity contribution is -0.115. The van der Waals surface area contributed by atoms with Crippen LogP contribution in [-0.2, 0) is 17.0 Å². The van der Waals surface area contributed by atoms with Crippen molar-refractivity contribution < 1.29 is 13.6 Å². The van der Waals surface area contributed by atoms with Gasteiger partial charge in [0.1, 0.15) is 5.82 Å². The Balaban J connectivity index is 1.47. The third kappa shape index (κ3) is 4.83. The molecule has 0 aliphatic rings. The summed E-state index contributed by atoms with van der Waals surface area (Å²) in [7, 11) is 0. The van der Waals surface area contributed by atoms with Gasteiger partial charge in [0.05, 0.1) is 11.4 Å². The standard InChI is InChI=1S/C22H19FN4O2S2/c1-3-15-6-4-5-7-19(15)27(14(2)28)21-24-18(12-30-21)13-31-22-26-25-20(29-22)16-8-10-17(23)11-9-16/h4-12H,3,13H2,1-2H3. The van der Waals surface area contributed by atoms with Crippen LogP contribution in [0, 0.1) is 5.82 Å². The molecule has 31 heavy (non-hydrogen) atoms. The van der Waals surface area contributed by atoms with Crippen molar-refractivity contribution in [3.63, 3.8) is 0 Å². The number of carbonyl (C=O) groups is 1. The van der Waals surface area contributed by atoms with Crippen LogP contribution >= 0.6 is 23.1 Å². The SMILES string of the molecule is CCc1ccccc1N(C(C)=O)c1nc(CSc2nnc(-c3ccc(F)cc3)o2)cs1. The lowest BCUT2D eigenvalue weighted by atomic mass is 10.1. The second kappa shape index (κ2) is 9.40. The number of anilines is 2. The average molecular weight is 455 g/mol. The fourth-order valence-electron chi connectivity index (χ4n) is 3.01. The van der Waals surface area contributed by atoms with E-state index >= 15 is 0 Å². The van der Waals surface area contributed by atoms with Gasteiger partial charge in [0, 0.05) is 23.6 Å². The summed E-state index contributed by atoms with van der Waals surface area (Å²) < 4.78 is 18.7. The predicted molar refractivity (Wildman–Crippen MR) is 120 cm³/mol. The van der Waals surface area contributed by atoms with Gasteiger partial charge in [0.15, 0.2) is 5.13 Å². The maximum absolute atomic E-state index is 13.1. The van der Waals surface area contributed by atoms with Crippen LogP contribution in [0.3, 0.4) is 0 Å². The Bertz CT molecular complexity index is 1190. The maximum Gasteiger partial charge on any atom is 0.277 e. The van der Waals surface area contributed by atoms with E-state index in [4.69, 9.17) is 4.42 Å². The Morgan fingerprint density at radius 3 is 2.68 bits per heavy atom. The van der Waals surface area contributed by atoms with Crippen LogP contribution in [0.5, 0.6) is 0 Å². The number of para-hydroxylation sites is 1. The number of aromatic nitrogens is 3. The number of carbonyl (C=O) groups excluding carboxylic acids is 1. The van der Waals surface area contributed by atoms with Gasteiger partial charge >= 0.3 is 0 Å². The number of aryl methyl sites for hydroxylation is 1. The zero-order valence-corrected chi connectivity index (χ0v) is 18.5. The number of thiazole rings is 1. The molecule has 1 amide bonds. The van der Waals surface area contributed by atoms with Crippen molar-refractivity contribution in [3.05, 3.63) is 71.0 Å². The molecule has 0 radical (unpaired) electrons. The van der Waals surface area contributed by atoms with Crippen LogP contribution in [-0.4, -0.2) is 21.1 Å². The van der Waals surface area contributed by atoms with Gasteiger partial charge in [-0.15, -0.1) is 21.5 Å². The number of benzene rings is 2. The highest BCUT2D eigenvalue weighted by Gasteiger charge is 2.20. The van der Waals surface area contributed by atoms with Gasteiger partial charge in [-0.1, -0.05) is 36.9 Å². The van der Waals surface area contributed by atoms with Crippen molar-refractivity contribution in [2.45, 2.75) is 31.2 Å². The molecule has 0 aliphatic heterocycles. The lowest BCUT2D eigenvalue weighted by Crippen LogP contribution is -2.23. The Labute approximate surface area is 187 Å². The van der Waals surface area contributed by atoms with E-state index in [2.05, 4.69) is 22.1 Å². The summed E-state index contributed by atoms with van der Waals surface area (Å²) >= 11 is 2.77. The number of thioether (sulfide) groups is 1. The fraction of sp³-hybridized carbons (Fsp3) is 0.182. The van der Waals surface area contributed by atoms with E-state index in [-0.39, 0.29) is 11.7 Å². The Morgan fingerprint density at radius 2 is 1.94 bits per heavy atom. The van der Waals surface area contributed by atoms with Crippen molar-refractivity contribution >= 4 is 39.8 Å². The second-order valence-corrected chi connectivity index (χ2v) is 8.39. The van der Waals surface area contributed by atoms with Gasteiger partial charge in [0.25, 0.3) is 5.22 Å². The summed E-state index contributed by atoms with van der Waals surface area (Å²) in [5.74, 6) is 0.442. The number of hydrogen-bond donors (Lipinski definition) is 0. The lowest BCUT2D eigenvalue weighted by Gasteiger charge is -2.20. The normalized spacial score (nSPS) is 10.9. The van der Waals surface area contributed by atoms with Crippen LogP contribution in [0.25, 0.3) is 11.5 Å². The first kappa shape index (κ1) is 21.2. The molecule has 0 aliphatic carbocycles. The van der Waals surface area contributed by atoms with E-state index in [0.717, 1.165) is 23.4 Å². The second-order valence-electron chi connectivity index (χ2n) is 6.63. The average Bonchev–Trinajstić information content (AvgIpc) is 3.43. The van der Waals surface area contributed by atoms with Gasteiger partial charge < -0.3 is 4.42 Å². The molecule has 2 aromatic carbocycles. The zero-order chi connectivity index (χ0) is 21.8. The van der Waals surface area contributed by atoms with Gasteiger partial charge in [-0.2, -0.15) is 0 Å². The first-order valence-corrected chi connectivity index (χ1v) is 11.5. The number of amides is 1. The third-order valence-electron chi connectivity index (χ3n) is 4.50. The zero-order valence-electron chi connectivity index (χ0n) is 16.9. The van der Waals surface area contributed by atoms with E-state index < -0.39 is 0 Å². The summed E-state index contributed by atoms with van der Waals surface area (Å²) in [6.07, 6.45) is 0.821. The molecule has 0 saturated heterocycles. The van der Waals surface area contributed by atoms with E-state index in [0.29, 0.717) is 27.6 Å². The van der Waals surface area contributed by atoms with Crippen LogP contribution in [0.15, 0.2) is 63.6 Å². The number of nitrogens with zero attached hydrogens (tertiary/aromatic N) is 4. The van der Waals surface area contributed by atoms with Crippen molar-refractivity contribution in [1.82, 2.24) is 15.2 Å². The molecule has 2 heterocycles. The highest BCUT2D eigenvalue weighted by atomic mass is 32.2. The summed E-state index contributed by atoms with van der Waals surface area (Å²) in [4.78, 5) is 18.7. The Hall–Kier alpha value is -3.04. The van der Waals surface area contributed by atoms with Gasteiger partial charge in [-0.25, -0.2) is 9.37 Å². The molecule has 9 heteroatoms. The minimum Gasteiger partial charge on any atom is -0.411 e. The molecular weight excluding hydrogens is 435 g/mol. The van der Waals surface area contributed by atoms with Crippen LogP contribution < -0.4 is 4.90 Å². The van der Waals surface area contributed by atoms with Gasteiger partial charge in [-0.05, 0) is 42.3 Å². The first-order chi connectivity index (χ1) is 15.0. The van der Waals surface area contributed by atoms with E-state index in [1.165, 1.54) is 42.2 Å². The highest BCUT2D eigenvalue weighted by molar-refractivity contribution is 7.98. The van der Waals surface area contributed by atoms with Crippen LogP contribution in [0.2, 0.25) is 0 Å². The molecule has 0 spiro atoms. The molecule has 0 unspecified atom stereocenters. The van der Waals surface area contributed by atoms with Crippen molar-refractivity contribution in [3.8, 4) is 11.5 Å². The van der Waals surface area contributed by atoms with Crippen LogP contribution in [0.1, 0.15) is 25.1 Å². The van der Waals surface area contributed by atoms with Gasteiger partial charge in [0.2, 0.25) is 11.8 Å². The van der Waals surface area contributed by atoms with Gasteiger partial charge in [-0.3, -0.25) is 9.69 Å². The monoisotopic (exact) mass is 454 g/mol. The smallest absolute Gasteiger partial charge is 0.277 e. The van der Waals surface area contributed by atoms with E-state index in [1.54, 1.807) is 17.0 Å². The summed E-state index contributed by atoms with van der Waals surface area (Å²) in [5, 5.41) is 11.0. The van der Waals surface area contributed by atoms with E-state index in [9.17, 15) is 9.18 Å². The molecular formula is C22H19FN4O2S2. The Kier molecular flexibility index (Phi) is 6.43. The summed E-state index contributed by atoms with van der Waals surface area (Å²) in [5.41, 5.74) is 3.41. The Morgan fingerprint density at radius 1 is 1.16 bits per heavy atom. The number of hydrogen-bond acceptors (Lipinski definition) is 7. The molecule has 6 nitrogen and oxygen atoms in total. The first-order valence-electron chi connectivity index (χ1n) is 9.60. The third-order valence-corrected chi connectivity index (χ3v) is 6.23. The van der Waals surface area contributed by atoms with Crippen LogP contribution in [0.4, 0.5) is 15.2 Å². The molecule has 158 valence electrons. The molecule has 0 atom stereocenters. The molecule has 0 saturated carbocycles. The topological polar surface area (TPSA) is 72.1 Å². The molecule has 0 bridgehead atoms.